The minimum Gasteiger partial charge on any atom is -0.389 e. The fourth-order valence-electron chi connectivity index (χ4n) is 1.86. The van der Waals surface area contributed by atoms with Crippen LogP contribution in [0.4, 0.5) is 0 Å². The first-order valence-corrected chi connectivity index (χ1v) is 7.53. The predicted molar refractivity (Wildman–Crippen MR) is 83.3 cm³/mol. The lowest BCUT2D eigenvalue weighted by molar-refractivity contribution is 0.392. The molecule has 0 unspecified atom stereocenters. The molecule has 2 N–H and O–H groups in total. The second kappa shape index (κ2) is 6.21. The van der Waals surface area contributed by atoms with Crippen molar-refractivity contribution < 1.29 is 4.52 Å². The van der Waals surface area contributed by atoms with E-state index < -0.39 is 0 Å². The molecule has 0 aliphatic carbocycles. The van der Waals surface area contributed by atoms with E-state index in [-0.39, 0.29) is 0 Å². The van der Waals surface area contributed by atoms with Gasteiger partial charge in [0.1, 0.15) is 10.7 Å². The molecule has 1 aromatic heterocycles. The van der Waals surface area contributed by atoms with Crippen LogP contribution in [-0.2, 0) is 11.5 Å². The van der Waals surface area contributed by atoms with Gasteiger partial charge in [0.05, 0.1) is 5.69 Å². The summed E-state index contributed by atoms with van der Waals surface area (Å²) in [5.74, 6) is 2.65. The number of hydrogen-bond donors (Lipinski definition) is 1. The van der Waals surface area contributed by atoms with Crippen molar-refractivity contribution in [1.29, 1.82) is 0 Å². The summed E-state index contributed by atoms with van der Waals surface area (Å²) in [4.78, 5) is 0.452. The Balaban J connectivity index is 2.02. The van der Waals surface area contributed by atoms with Crippen LogP contribution in [0.5, 0.6) is 0 Å². The van der Waals surface area contributed by atoms with Crippen LogP contribution < -0.4 is 5.73 Å². The third kappa shape index (κ3) is 3.36. The lowest BCUT2D eigenvalue weighted by atomic mass is 10.1. The molecule has 0 radical (unpaired) electrons. The molecular formula is C14H16N2OS2. The fourth-order valence-corrected chi connectivity index (χ4v) is 3.25. The van der Waals surface area contributed by atoms with E-state index in [0.29, 0.717) is 4.99 Å². The van der Waals surface area contributed by atoms with Crippen LogP contribution in [0.25, 0.3) is 0 Å². The van der Waals surface area contributed by atoms with Crippen LogP contribution in [0.2, 0.25) is 0 Å². The molecule has 0 spiro atoms. The second-order valence-corrected chi connectivity index (χ2v) is 5.74. The highest BCUT2D eigenvalue weighted by atomic mass is 32.2. The molecule has 0 bridgehead atoms. The maximum absolute atomic E-state index is 5.73. The van der Waals surface area contributed by atoms with Gasteiger partial charge in [-0.15, -0.1) is 0 Å². The van der Waals surface area contributed by atoms with Gasteiger partial charge in [-0.3, -0.25) is 0 Å². The highest BCUT2D eigenvalue weighted by Crippen LogP contribution is 2.23. The third-order valence-electron chi connectivity index (χ3n) is 2.97. The minimum atomic E-state index is 0.452. The van der Waals surface area contributed by atoms with Crippen molar-refractivity contribution in [1.82, 2.24) is 5.16 Å². The van der Waals surface area contributed by atoms with Crippen molar-refractivity contribution in [3.05, 3.63) is 52.4 Å². The summed E-state index contributed by atoms with van der Waals surface area (Å²) in [6.07, 6.45) is 0. The zero-order chi connectivity index (χ0) is 13.8. The van der Waals surface area contributed by atoms with Crippen molar-refractivity contribution in [2.24, 2.45) is 5.73 Å². The van der Waals surface area contributed by atoms with Crippen LogP contribution in [0.15, 0.2) is 28.8 Å². The minimum absolute atomic E-state index is 0.452. The Morgan fingerprint density at radius 3 is 2.68 bits per heavy atom. The van der Waals surface area contributed by atoms with Gasteiger partial charge in [0.15, 0.2) is 0 Å². The summed E-state index contributed by atoms with van der Waals surface area (Å²) in [6.45, 7) is 3.91. The van der Waals surface area contributed by atoms with E-state index >= 15 is 0 Å². The number of nitrogens with zero attached hydrogens (tertiary/aromatic N) is 1. The Labute approximate surface area is 122 Å². The molecule has 0 aliphatic rings. The monoisotopic (exact) mass is 292 g/mol. The molecule has 2 rings (SSSR count). The summed E-state index contributed by atoms with van der Waals surface area (Å²) in [5.41, 5.74) is 10.0. The molecule has 0 saturated carbocycles. The molecule has 0 atom stereocenters. The number of thioether (sulfide) groups is 1. The van der Waals surface area contributed by atoms with Crippen LogP contribution >= 0.6 is 24.0 Å². The summed E-state index contributed by atoms with van der Waals surface area (Å²) < 4.78 is 5.16. The molecule has 2 aromatic rings. The van der Waals surface area contributed by atoms with Gasteiger partial charge >= 0.3 is 0 Å². The van der Waals surface area contributed by atoms with E-state index in [0.717, 1.165) is 28.5 Å². The number of nitrogens with two attached hydrogens (primary N) is 1. The Kier molecular flexibility index (Phi) is 4.61. The molecule has 100 valence electrons. The molecule has 0 amide bonds. The van der Waals surface area contributed by atoms with Crippen LogP contribution in [0, 0.1) is 13.8 Å². The largest absolute Gasteiger partial charge is 0.389 e. The number of aryl methyl sites for hydroxylation is 2. The lowest BCUT2D eigenvalue weighted by Gasteiger charge is -2.07. The van der Waals surface area contributed by atoms with Gasteiger partial charge < -0.3 is 10.3 Å². The second-order valence-electron chi connectivity index (χ2n) is 4.32. The first kappa shape index (κ1) is 14.1. The Bertz CT molecular complexity index is 573. The molecule has 3 nitrogen and oxygen atoms in total. The third-order valence-corrected chi connectivity index (χ3v) is 4.20. The van der Waals surface area contributed by atoms with E-state index in [2.05, 4.69) is 11.2 Å². The maximum Gasteiger partial charge on any atom is 0.137 e. The molecule has 0 fully saturated rings. The fraction of sp³-hybridized carbons (Fsp3) is 0.286. The molecule has 5 heteroatoms. The van der Waals surface area contributed by atoms with Crippen molar-refractivity contribution in [2.75, 3.05) is 0 Å². The molecule has 0 saturated heterocycles. The first-order valence-electron chi connectivity index (χ1n) is 5.96. The van der Waals surface area contributed by atoms with E-state index in [9.17, 15) is 0 Å². The number of rotatable bonds is 5. The lowest BCUT2D eigenvalue weighted by Crippen LogP contribution is -2.11. The van der Waals surface area contributed by atoms with Gasteiger partial charge in [-0.25, -0.2) is 0 Å². The molecule has 0 aliphatic heterocycles. The van der Waals surface area contributed by atoms with Gasteiger partial charge in [0.25, 0.3) is 0 Å². The standard InChI is InChI=1S/C14H16N2OS2/c1-9-13(10(2)17-16-9)8-19-7-11-5-3-4-6-12(11)14(15)18/h3-6H,7-8H2,1-2H3,(H2,15,18). The SMILES string of the molecule is Cc1noc(C)c1CSCc1ccccc1C(N)=S. The number of benzene rings is 1. The Hall–Kier alpha value is -1.33. The molecule has 19 heavy (non-hydrogen) atoms. The van der Waals surface area contributed by atoms with Gasteiger partial charge in [-0.2, -0.15) is 11.8 Å². The number of hydrogen-bond acceptors (Lipinski definition) is 4. The Morgan fingerprint density at radius 2 is 2.05 bits per heavy atom. The average molecular weight is 292 g/mol. The molecule has 1 heterocycles. The summed E-state index contributed by atoms with van der Waals surface area (Å²) >= 11 is 6.87. The van der Waals surface area contributed by atoms with Crippen LogP contribution in [0.3, 0.4) is 0 Å². The highest BCUT2D eigenvalue weighted by Gasteiger charge is 2.10. The van der Waals surface area contributed by atoms with Gasteiger partial charge in [-0.05, 0) is 19.4 Å². The van der Waals surface area contributed by atoms with Crippen LogP contribution in [0.1, 0.15) is 28.1 Å². The van der Waals surface area contributed by atoms with Crippen molar-refractivity contribution in [3.8, 4) is 0 Å². The summed E-state index contributed by atoms with van der Waals surface area (Å²) in [7, 11) is 0. The number of aromatic nitrogens is 1. The van der Waals surface area contributed by atoms with Crippen molar-refractivity contribution in [2.45, 2.75) is 25.4 Å². The van der Waals surface area contributed by atoms with Crippen LogP contribution in [-0.4, -0.2) is 10.1 Å². The zero-order valence-corrected chi connectivity index (χ0v) is 12.6. The van der Waals surface area contributed by atoms with E-state index in [4.69, 9.17) is 22.5 Å². The van der Waals surface area contributed by atoms with Gasteiger partial charge in [-0.1, -0.05) is 41.6 Å². The smallest absolute Gasteiger partial charge is 0.137 e. The highest BCUT2D eigenvalue weighted by molar-refractivity contribution is 7.97. The molecular weight excluding hydrogens is 276 g/mol. The molecule has 1 aromatic carbocycles. The predicted octanol–water partition coefficient (Wildman–Crippen LogP) is 3.36. The van der Waals surface area contributed by atoms with E-state index in [1.54, 1.807) is 0 Å². The quantitative estimate of drug-likeness (QED) is 0.856. The van der Waals surface area contributed by atoms with Crippen molar-refractivity contribution >= 4 is 29.0 Å². The zero-order valence-electron chi connectivity index (χ0n) is 11.0. The van der Waals surface area contributed by atoms with Gasteiger partial charge in [0.2, 0.25) is 0 Å². The normalized spacial score (nSPS) is 10.6. The average Bonchev–Trinajstić information content (AvgIpc) is 2.70. The maximum atomic E-state index is 5.73. The Morgan fingerprint density at radius 1 is 1.32 bits per heavy atom. The summed E-state index contributed by atoms with van der Waals surface area (Å²) in [6, 6.07) is 7.99. The van der Waals surface area contributed by atoms with E-state index in [1.807, 2.05) is 43.8 Å². The topological polar surface area (TPSA) is 52.0 Å². The summed E-state index contributed by atoms with van der Waals surface area (Å²) in [5, 5.41) is 3.96. The first-order chi connectivity index (χ1) is 9.09. The number of thiocarbonyl (C=S) groups is 1. The van der Waals surface area contributed by atoms with Gasteiger partial charge in [0, 0.05) is 22.6 Å². The van der Waals surface area contributed by atoms with E-state index in [1.165, 1.54) is 11.1 Å². The van der Waals surface area contributed by atoms with Crippen molar-refractivity contribution in [3.63, 3.8) is 0 Å².